The number of carbonyl (C=O) groups is 3. The minimum absolute atomic E-state index is 0.321. The van der Waals surface area contributed by atoms with Gasteiger partial charge in [-0.1, -0.05) is 26.0 Å². The zero-order valence-electron chi connectivity index (χ0n) is 13.9. The highest BCUT2D eigenvalue weighted by molar-refractivity contribution is 6.09. The van der Waals surface area contributed by atoms with Crippen molar-refractivity contribution >= 4 is 17.8 Å². The molecule has 0 spiro atoms. The average Bonchev–Trinajstić information content (AvgIpc) is 3.04. The maximum Gasteiger partial charge on any atom is 0.416 e. The van der Waals surface area contributed by atoms with Crippen molar-refractivity contribution in [1.82, 2.24) is 10.6 Å². The lowest BCUT2D eigenvalue weighted by Gasteiger charge is -2.33. The summed E-state index contributed by atoms with van der Waals surface area (Å²) in [6.45, 7) is 3.23. The SMILES string of the molecule is CC(C)C1(C(=O)O)NC(c2ccc(C(F)(F)F)cc2)C2C(=O)NC(=O)C21. The number of carboxylic acid groups (broad SMARTS) is 1. The molecule has 1 aromatic rings. The number of hydrogen-bond donors (Lipinski definition) is 3. The molecule has 4 atom stereocenters. The zero-order valence-corrected chi connectivity index (χ0v) is 13.9. The fraction of sp³-hybridized carbons (Fsp3) is 0.471. The molecule has 0 aliphatic carbocycles. The van der Waals surface area contributed by atoms with Crippen molar-refractivity contribution < 1.29 is 32.7 Å². The lowest BCUT2D eigenvalue weighted by Crippen LogP contribution is -2.59. The number of aliphatic carboxylic acids is 1. The van der Waals surface area contributed by atoms with E-state index in [0.29, 0.717) is 5.56 Å². The normalized spacial score (nSPS) is 31.2. The van der Waals surface area contributed by atoms with Gasteiger partial charge in [0.1, 0.15) is 5.54 Å². The number of benzene rings is 1. The average molecular weight is 370 g/mol. The third-order valence-electron chi connectivity index (χ3n) is 5.30. The quantitative estimate of drug-likeness (QED) is 0.704. The highest BCUT2D eigenvalue weighted by Gasteiger charge is 2.67. The molecule has 0 radical (unpaired) electrons. The molecule has 0 aromatic heterocycles. The van der Waals surface area contributed by atoms with E-state index < -0.39 is 58.9 Å². The Labute approximate surface area is 146 Å². The van der Waals surface area contributed by atoms with Gasteiger partial charge in [0.25, 0.3) is 0 Å². The van der Waals surface area contributed by atoms with Crippen molar-refractivity contribution in [1.29, 1.82) is 0 Å². The summed E-state index contributed by atoms with van der Waals surface area (Å²) < 4.78 is 38.3. The molecule has 1 aromatic carbocycles. The highest BCUT2D eigenvalue weighted by Crippen LogP contribution is 2.49. The summed E-state index contributed by atoms with van der Waals surface area (Å²) in [5.41, 5.74) is -2.22. The van der Waals surface area contributed by atoms with Crippen LogP contribution in [0.3, 0.4) is 0 Å². The van der Waals surface area contributed by atoms with Gasteiger partial charge < -0.3 is 5.11 Å². The second kappa shape index (κ2) is 5.80. The smallest absolute Gasteiger partial charge is 0.416 e. The van der Waals surface area contributed by atoms with E-state index in [1.54, 1.807) is 13.8 Å². The maximum atomic E-state index is 12.8. The van der Waals surface area contributed by atoms with Crippen LogP contribution < -0.4 is 10.6 Å². The summed E-state index contributed by atoms with van der Waals surface area (Å²) in [4.78, 5) is 36.6. The monoisotopic (exact) mass is 370 g/mol. The largest absolute Gasteiger partial charge is 0.480 e. The topological polar surface area (TPSA) is 95.5 Å². The molecular formula is C17H17F3N2O4. The first-order valence-corrected chi connectivity index (χ1v) is 8.03. The molecule has 3 rings (SSSR count). The number of carbonyl (C=O) groups excluding carboxylic acids is 2. The van der Waals surface area contributed by atoms with E-state index in [9.17, 15) is 32.7 Å². The summed E-state index contributed by atoms with van der Waals surface area (Å²) in [6.07, 6.45) is -4.51. The Hall–Kier alpha value is -2.42. The van der Waals surface area contributed by atoms with Crippen LogP contribution >= 0.6 is 0 Å². The van der Waals surface area contributed by atoms with Crippen molar-refractivity contribution in [3.05, 3.63) is 35.4 Å². The number of hydrogen-bond acceptors (Lipinski definition) is 4. The van der Waals surface area contributed by atoms with Crippen molar-refractivity contribution in [3.63, 3.8) is 0 Å². The van der Waals surface area contributed by atoms with Gasteiger partial charge in [0.15, 0.2) is 0 Å². The number of rotatable bonds is 3. The molecule has 2 heterocycles. The number of alkyl halides is 3. The van der Waals surface area contributed by atoms with Crippen molar-refractivity contribution in [2.24, 2.45) is 17.8 Å². The minimum Gasteiger partial charge on any atom is -0.480 e. The van der Waals surface area contributed by atoms with Gasteiger partial charge in [-0.2, -0.15) is 13.2 Å². The summed E-state index contributed by atoms with van der Waals surface area (Å²) in [6, 6.07) is 3.26. The van der Waals surface area contributed by atoms with Gasteiger partial charge >= 0.3 is 12.1 Å². The first-order chi connectivity index (χ1) is 12.0. The Balaban J connectivity index is 2.07. The molecule has 2 amide bonds. The van der Waals surface area contributed by atoms with Crippen LogP contribution in [0.2, 0.25) is 0 Å². The molecule has 2 fully saturated rings. The van der Waals surface area contributed by atoms with E-state index in [2.05, 4.69) is 10.6 Å². The van der Waals surface area contributed by atoms with Gasteiger partial charge in [0.05, 0.1) is 17.4 Å². The highest BCUT2D eigenvalue weighted by atomic mass is 19.4. The summed E-state index contributed by atoms with van der Waals surface area (Å²) in [5, 5.41) is 14.8. The van der Waals surface area contributed by atoms with Crippen LogP contribution in [0.5, 0.6) is 0 Å². The number of fused-ring (bicyclic) bond motifs is 1. The van der Waals surface area contributed by atoms with Crippen LogP contribution in [0.15, 0.2) is 24.3 Å². The molecule has 140 valence electrons. The first kappa shape index (κ1) is 18.4. The fourth-order valence-electron chi connectivity index (χ4n) is 4.01. The second-order valence-corrected chi connectivity index (χ2v) is 6.93. The van der Waals surface area contributed by atoms with Gasteiger partial charge in [-0.15, -0.1) is 0 Å². The van der Waals surface area contributed by atoms with E-state index in [1.807, 2.05) is 0 Å². The van der Waals surface area contributed by atoms with Crippen LogP contribution in [0.25, 0.3) is 0 Å². The Morgan fingerprint density at radius 2 is 1.73 bits per heavy atom. The van der Waals surface area contributed by atoms with E-state index in [1.165, 1.54) is 12.1 Å². The lowest BCUT2D eigenvalue weighted by atomic mass is 9.73. The van der Waals surface area contributed by atoms with Gasteiger partial charge in [0, 0.05) is 6.04 Å². The molecule has 2 saturated heterocycles. The Kier molecular flexibility index (Phi) is 4.10. The van der Waals surface area contributed by atoms with E-state index >= 15 is 0 Å². The fourth-order valence-corrected chi connectivity index (χ4v) is 4.01. The molecular weight excluding hydrogens is 353 g/mol. The third kappa shape index (κ3) is 2.49. The van der Waals surface area contributed by atoms with Gasteiger partial charge in [0.2, 0.25) is 11.8 Å². The Bertz CT molecular complexity index is 775. The van der Waals surface area contributed by atoms with Crippen LogP contribution in [0.4, 0.5) is 13.2 Å². The number of imide groups is 1. The van der Waals surface area contributed by atoms with Crippen molar-refractivity contribution in [2.75, 3.05) is 0 Å². The lowest BCUT2D eigenvalue weighted by molar-refractivity contribution is -0.151. The van der Waals surface area contributed by atoms with Crippen molar-refractivity contribution in [3.8, 4) is 0 Å². The van der Waals surface area contributed by atoms with Crippen LogP contribution in [0, 0.1) is 17.8 Å². The molecule has 4 unspecified atom stereocenters. The number of amides is 2. The summed E-state index contributed by atoms with van der Waals surface area (Å²) in [7, 11) is 0. The number of carboxylic acids is 1. The molecule has 9 heteroatoms. The van der Waals surface area contributed by atoms with E-state index in [-0.39, 0.29) is 0 Å². The van der Waals surface area contributed by atoms with Crippen LogP contribution in [0.1, 0.15) is 31.0 Å². The number of halogens is 3. The second-order valence-electron chi connectivity index (χ2n) is 6.93. The molecule has 0 bridgehead atoms. The van der Waals surface area contributed by atoms with E-state index in [0.717, 1.165) is 12.1 Å². The number of nitrogens with one attached hydrogen (secondary N) is 2. The molecule has 0 saturated carbocycles. The molecule has 6 nitrogen and oxygen atoms in total. The molecule has 3 N–H and O–H groups in total. The van der Waals surface area contributed by atoms with Gasteiger partial charge in [-0.05, 0) is 23.6 Å². The summed E-state index contributed by atoms with van der Waals surface area (Å²) >= 11 is 0. The third-order valence-corrected chi connectivity index (χ3v) is 5.30. The predicted molar refractivity (Wildman–Crippen MR) is 82.7 cm³/mol. The summed E-state index contributed by atoms with van der Waals surface area (Å²) in [5.74, 6) is -5.26. The van der Waals surface area contributed by atoms with Gasteiger partial charge in [-0.3, -0.25) is 25.0 Å². The van der Waals surface area contributed by atoms with Crippen molar-refractivity contribution in [2.45, 2.75) is 31.6 Å². The Morgan fingerprint density at radius 1 is 1.15 bits per heavy atom. The molecule has 26 heavy (non-hydrogen) atoms. The predicted octanol–water partition coefficient (Wildman–Crippen LogP) is 1.72. The standard InChI is InChI=1S/C17H17F3N2O4/c1-7(2)16(15(25)26)11-10(13(23)21-14(11)24)12(22-16)8-3-5-9(6-4-8)17(18,19)20/h3-7,10-12,22H,1-2H3,(H,25,26)(H,21,23,24). The van der Waals surface area contributed by atoms with Crippen LogP contribution in [-0.4, -0.2) is 28.4 Å². The first-order valence-electron chi connectivity index (χ1n) is 8.03. The molecule has 2 aliphatic rings. The molecule has 2 aliphatic heterocycles. The maximum absolute atomic E-state index is 12.8. The Morgan fingerprint density at radius 3 is 2.19 bits per heavy atom. The van der Waals surface area contributed by atoms with E-state index in [4.69, 9.17) is 0 Å². The van der Waals surface area contributed by atoms with Gasteiger partial charge in [-0.25, -0.2) is 0 Å². The minimum atomic E-state index is -4.51. The zero-order chi connectivity index (χ0) is 19.4. The van der Waals surface area contributed by atoms with Crippen LogP contribution in [-0.2, 0) is 20.6 Å².